The van der Waals surface area contributed by atoms with E-state index in [0.29, 0.717) is 0 Å². The Morgan fingerprint density at radius 1 is 1.47 bits per heavy atom. The first-order valence-electron chi connectivity index (χ1n) is 7.45. The largest absolute Gasteiger partial charge is 0.356 e. The highest BCUT2D eigenvalue weighted by Gasteiger charge is 2.38. The molecule has 2 N–H and O–H groups in total. The van der Waals surface area contributed by atoms with Crippen molar-refractivity contribution < 1.29 is 4.79 Å². The average molecular weight is 263 g/mol. The van der Waals surface area contributed by atoms with E-state index in [1.807, 2.05) is 13.1 Å². The minimum absolute atomic E-state index is 0.0639. The van der Waals surface area contributed by atoms with E-state index in [4.69, 9.17) is 0 Å². The number of aromatic amines is 1. The molecule has 19 heavy (non-hydrogen) atoms. The predicted molar refractivity (Wildman–Crippen MR) is 75.8 cm³/mol. The van der Waals surface area contributed by atoms with Gasteiger partial charge in [-0.25, -0.2) is 0 Å². The fraction of sp³-hybridized carbons (Fsp3) is 0.733. The van der Waals surface area contributed by atoms with Gasteiger partial charge in [-0.2, -0.15) is 5.10 Å². The van der Waals surface area contributed by atoms with Gasteiger partial charge in [0.15, 0.2) is 0 Å². The summed E-state index contributed by atoms with van der Waals surface area (Å²) in [4.78, 5) is 12.3. The molecule has 0 unspecified atom stereocenters. The number of carbonyl (C=O) groups excluding carboxylic acids is 1. The SMILES string of the molecule is CCC1(C(=O)NCCCc2cn[nH]c2C)CCCC1. The van der Waals surface area contributed by atoms with Crippen molar-refractivity contribution in [1.82, 2.24) is 15.5 Å². The molecule has 1 heterocycles. The normalized spacial score (nSPS) is 17.6. The van der Waals surface area contributed by atoms with E-state index >= 15 is 0 Å². The van der Waals surface area contributed by atoms with Crippen molar-refractivity contribution in [1.29, 1.82) is 0 Å². The number of amides is 1. The third-order valence-electron chi connectivity index (χ3n) is 4.56. The van der Waals surface area contributed by atoms with Crippen LogP contribution in [0.25, 0.3) is 0 Å². The smallest absolute Gasteiger partial charge is 0.226 e. The summed E-state index contributed by atoms with van der Waals surface area (Å²) in [6.07, 6.45) is 9.34. The number of hydrogen-bond acceptors (Lipinski definition) is 2. The Kier molecular flexibility index (Phi) is 4.61. The summed E-state index contributed by atoms with van der Waals surface area (Å²) in [6, 6.07) is 0. The van der Waals surface area contributed by atoms with Gasteiger partial charge in [-0.3, -0.25) is 9.89 Å². The van der Waals surface area contributed by atoms with Gasteiger partial charge < -0.3 is 5.32 Å². The zero-order valence-corrected chi connectivity index (χ0v) is 12.1. The molecule has 0 spiro atoms. The first kappa shape index (κ1) is 14.1. The van der Waals surface area contributed by atoms with Crippen LogP contribution in [-0.2, 0) is 11.2 Å². The van der Waals surface area contributed by atoms with Crippen LogP contribution in [0.2, 0.25) is 0 Å². The number of aromatic nitrogens is 2. The first-order valence-corrected chi connectivity index (χ1v) is 7.45. The number of H-pyrrole nitrogens is 1. The summed E-state index contributed by atoms with van der Waals surface area (Å²) in [5, 5.41) is 10.1. The molecule has 1 aliphatic rings. The molecule has 0 radical (unpaired) electrons. The van der Waals surface area contributed by atoms with E-state index in [9.17, 15) is 4.79 Å². The molecule has 1 amide bonds. The van der Waals surface area contributed by atoms with E-state index in [1.165, 1.54) is 18.4 Å². The molecule has 1 saturated carbocycles. The van der Waals surface area contributed by atoms with Gasteiger partial charge >= 0.3 is 0 Å². The van der Waals surface area contributed by atoms with Crippen LogP contribution in [0, 0.1) is 12.3 Å². The lowest BCUT2D eigenvalue weighted by molar-refractivity contribution is -0.131. The van der Waals surface area contributed by atoms with Crippen LogP contribution in [0.5, 0.6) is 0 Å². The fourth-order valence-electron chi connectivity index (χ4n) is 3.09. The van der Waals surface area contributed by atoms with Crippen molar-refractivity contribution in [3.63, 3.8) is 0 Å². The average Bonchev–Trinajstić information content (AvgIpc) is 3.04. The van der Waals surface area contributed by atoms with E-state index in [2.05, 4.69) is 22.4 Å². The number of nitrogens with one attached hydrogen (secondary N) is 2. The maximum Gasteiger partial charge on any atom is 0.226 e. The van der Waals surface area contributed by atoms with Crippen molar-refractivity contribution in [2.45, 2.75) is 58.8 Å². The summed E-state index contributed by atoms with van der Waals surface area (Å²) in [6.45, 7) is 4.94. The number of aryl methyl sites for hydroxylation is 2. The van der Waals surface area contributed by atoms with Crippen LogP contribution in [0.1, 0.15) is 56.7 Å². The maximum atomic E-state index is 12.3. The fourth-order valence-corrected chi connectivity index (χ4v) is 3.09. The van der Waals surface area contributed by atoms with E-state index < -0.39 is 0 Å². The molecule has 2 rings (SSSR count). The minimum atomic E-state index is -0.0639. The molecule has 4 heteroatoms. The molecule has 0 aliphatic heterocycles. The lowest BCUT2D eigenvalue weighted by Gasteiger charge is -2.25. The van der Waals surface area contributed by atoms with Crippen LogP contribution in [0.15, 0.2) is 6.20 Å². The Morgan fingerprint density at radius 3 is 2.79 bits per heavy atom. The van der Waals surface area contributed by atoms with Gasteiger partial charge in [-0.15, -0.1) is 0 Å². The van der Waals surface area contributed by atoms with Gasteiger partial charge in [0.25, 0.3) is 0 Å². The highest BCUT2D eigenvalue weighted by Crippen LogP contribution is 2.40. The van der Waals surface area contributed by atoms with E-state index in [1.54, 1.807) is 0 Å². The number of hydrogen-bond donors (Lipinski definition) is 2. The molecule has 1 aromatic heterocycles. The summed E-state index contributed by atoms with van der Waals surface area (Å²) < 4.78 is 0. The second-order valence-corrected chi connectivity index (χ2v) is 5.72. The molecule has 1 aliphatic carbocycles. The number of carbonyl (C=O) groups is 1. The van der Waals surface area contributed by atoms with Crippen LogP contribution in [-0.4, -0.2) is 22.6 Å². The summed E-state index contributed by atoms with van der Waals surface area (Å²) in [5.41, 5.74) is 2.32. The Bertz CT molecular complexity index is 419. The van der Waals surface area contributed by atoms with Crippen molar-refractivity contribution in [2.24, 2.45) is 5.41 Å². The van der Waals surface area contributed by atoms with Crippen LogP contribution in [0.4, 0.5) is 0 Å². The molecule has 0 saturated heterocycles. The van der Waals surface area contributed by atoms with Gasteiger partial charge in [0.05, 0.1) is 6.20 Å². The third-order valence-corrected chi connectivity index (χ3v) is 4.56. The van der Waals surface area contributed by atoms with Crippen LogP contribution >= 0.6 is 0 Å². The lowest BCUT2D eigenvalue weighted by atomic mass is 9.82. The molecule has 0 atom stereocenters. The summed E-state index contributed by atoms with van der Waals surface area (Å²) >= 11 is 0. The minimum Gasteiger partial charge on any atom is -0.356 e. The monoisotopic (exact) mass is 263 g/mol. The number of nitrogens with zero attached hydrogens (tertiary/aromatic N) is 1. The molecule has 0 bridgehead atoms. The molecule has 1 fully saturated rings. The van der Waals surface area contributed by atoms with Gasteiger partial charge in [0, 0.05) is 17.7 Å². The zero-order chi connectivity index (χ0) is 13.7. The Morgan fingerprint density at radius 2 is 2.21 bits per heavy atom. The maximum absolute atomic E-state index is 12.3. The lowest BCUT2D eigenvalue weighted by Crippen LogP contribution is -2.39. The summed E-state index contributed by atoms with van der Waals surface area (Å²) in [7, 11) is 0. The Hall–Kier alpha value is -1.32. The number of rotatable bonds is 6. The third kappa shape index (κ3) is 3.17. The standard InChI is InChI=1S/C15H25N3O/c1-3-15(8-4-5-9-15)14(19)16-10-6-7-13-11-17-18-12(13)2/h11H,3-10H2,1-2H3,(H,16,19)(H,17,18). The van der Waals surface area contributed by atoms with E-state index in [-0.39, 0.29) is 11.3 Å². The molecule has 1 aromatic rings. The second-order valence-electron chi connectivity index (χ2n) is 5.72. The highest BCUT2D eigenvalue weighted by molar-refractivity contribution is 5.82. The van der Waals surface area contributed by atoms with Crippen LogP contribution < -0.4 is 5.32 Å². The Labute approximate surface area is 115 Å². The molecule has 106 valence electrons. The molecule has 4 nitrogen and oxygen atoms in total. The second kappa shape index (κ2) is 6.22. The molecular weight excluding hydrogens is 238 g/mol. The van der Waals surface area contributed by atoms with Gasteiger partial charge in [0.1, 0.15) is 0 Å². The predicted octanol–water partition coefficient (Wildman–Crippen LogP) is 2.74. The van der Waals surface area contributed by atoms with Crippen molar-refractivity contribution in [2.75, 3.05) is 6.54 Å². The molecular formula is C15H25N3O. The highest BCUT2D eigenvalue weighted by atomic mass is 16.2. The quantitative estimate of drug-likeness (QED) is 0.775. The van der Waals surface area contributed by atoms with Crippen molar-refractivity contribution in [3.8, 4) is 0 Å². The first-order chi connectivity index (χ1) is 9.18. The van der Waals surface area contributed by atoms with Crippen LogP contribution in [0.3, 0.4) is 0 Å². The summed E-state index contributed by atoms with van der Waals surface area (Å²) in [5.74, 6) is 0.274. The van der Waals surface area contributed by atoms with Gasteiger partial charge in [-0.1, -0.05) is 19.8 Å². The van der Waals surface area contributed by atoms with Crippen molar-refractivity contribution >= 4 is 5.91 Å². The van der Waals surface area contributed by atoms with E-state index in [0.717, 1.165) is 44.3 Å². The van der Waals surface area contributed by atoms with Gasteiger partial charge in [-0.05, 0) is 44.6 Å². The molecule has 0 aromatic carbocycles. The van der Waals surface area contributed by atoms with Crippen molar-refractivity contribution in [3.05, 3.63) is 17.5 Å². The van der Waals surface area contributed by atoms with Gasteiger partial charge in [0.2, 0.25) is 5.91 Å². The Balaban J connectivity index is 1.73. The zero-order valence-electron chi connectivity index (χ0n) is 12.1. The topological polar surface area (TPSA) is 57.8 Å².